The highest BCUT2D eigenvalue weighted by molar-refractivity contribution is 5.81. The standard InChI is InChI=1S/C40H44N2O2/c1-40(39(43)44,32-21-23-41-24-22-32)27-29-17-20-38-36(26-29)34-13-8-14-37(34)42(38)33-18-15-28(16-19-33)25-35(30-9-4-2-5-10-30)31-11-6-3-7-12-31/h2,4-6,9,11-12,15,17-24,26,28,30,34-35,37H,3,7-8,10,13-14,16,25,27H2,1H3,(H,43,44). The van der Waals surface area contributed by atoms with Crippen LogP contribution in [0.1, 0.15) is 80.9 Å². The fourth-order valence-electron chi connectivity index (χ4n) is 8.48. The Morgan fingerprint density at radius 3 is 2.64 bits per heavy atom. The number of carbonyl (C=O) groups is 1. The van der Waals surface area contributed by atoms with Crippen molar-refractivity contribution in [1.29, 1.82) is 0 Å². The lowest BCUT2D eigenvalue weighted by molar-refractivity contribution is -0.143. The number of aromatic nitrogens is 1. The number of carboxylic acids is 1. The molecular weight excluding hydrogens is 540 g/mol. The Morgan fingerprint density at radius 2 is 1.91 bits per heavy atom. The van der Waals surface area contributed by atoms with Gasteiger partial charge in [0.15, 0.2) is 0 Å². The monoisotopic (exact) mass is 584 g/mol. The molecule has 1 aromatic heterocycles. The van der Waals surface area contributed by atoms with Gasteiger partial charge in [-0.25, -0.2) is 0 Å². The molecule has 0 amide bonds. The molecule has 4 aliphatic carbocycles. The Hall–Kier alpha value is -3.92. The number of fused-ring (bicyclic) bond motifs is 3. The van der Waals surface area contributed by atoms with Crippen LogP contribution in [-0.4, -0.2) is 22.1 Å². The van der Waals surface area contributed by atoms with E-state index in [1.807, 2.05) is 19.1 Å². The van der Waals surface area contributed by atoms with Gasteiger partial charge in [0, 0.05) is 35.7 Å². The first kappa shape index (κ1) is 28.8. The molecule has 5 aliphatic rings. The summed E-state index contributed by atoms with van der Waals surface area (Å²) in [4.78, 5) is 19.2. The maximum atomic E-state index is 12.5. The minimum absolute atomic E-state index is 0.458. The molecule has 0 spiro atoms. The molecule has 6 atom stereocenters. The summed E-state index contributed by atoms with van der Waals surface area (Å²) in [5.74, 6) is 1.39. The summed E-state index contributed by atoms with van der Waals surface area (Å²) in [5.41, 5.74) is 6.47. The third kappa shape index (κ3) is 5.44. The largest absolute Gasteiger partial charge is 0.481 e. The van der Waals surface area contributed by atoms with Crippen molar-refractivity contribution >= 4 is 11.7 Å². The molecule has 2 heterocycles. The molecule has 1 saturated carbocycles. The summed E-state index contributed by atoms with van der Waals surface area (Å²) in [6.07, 6.45) is 37.0. The third-order valence-electron chi connectivity index (χ3n) is 10.9. The predicted octanol–water partition coefficient (Wildman–Crippen LogP) is 9.00. The highest BCUT2D eigenvalue weighted by atomic mass is 16.4. The second-order valence-electron chi connectivity index (χ2n) is 13.6. The van der Waals surface area contributed by atoms with Gasteiger partial charge in [-0.2, -0.15) is 0 Å². The quantitative estimate of drug-likeness (QED) is 0.320. The molecule has 4 heteroatoms. The van der Waals surface area contributed by atoms with Crippen molar-refractivity contribution in [2.24, 2.45) is 17.8 Å². The summed E-state index contributed by atoms with van der Waals surface area (Å²) >= 11 is 0. The Bertz CT molecular complexity index is 1580. The number of nitrogens with zero attached hydrogens (tertiary/aromatic N) is 2. The van der Waals surface area contributed by atoms with E-state index in [1.165, 1.54) is 48.2 Å². The van der Waals surface area contributed by atoms with Gasteiger partial charge in [0.2, 0.25) is 0 Å². The molecule has 4 nitrogen and oxygen atoms in total. The van der Waals surface area contributed by atoms with Gasteiger partial charge >= 0.3 is 5.97 Å². The Morgan fingerprint density at radius 1 is 1.02 bits per heavy atom. The molecule has 1 N–H and O–H groups in total. The Balaban J connectivity index is 1.11. The van der Waals surface area contributed by atoms with Gasteiger partial charge in [0.1, 0.15) is 0 Å². The molecule has 0 bridgehead atoms. The van der Waals surface area contributed by atoms with Crippen LogP contribution in [0.15, 0.2) is 115 Å². The average Bonchev–Trinajstić information content (AvgIpc) is 3.66. The molecule has 7 rings (SSSR count). The third-order valence-corrected chi connectivity index (χ3v) is 10.9. The smallest absolute Gasteiger partial charge is 0.314 e. The van der Waals surface area contributed by atoms with E-state index in [0.717, 1.165) is 36.8 Å². The van der Waals surface area contributed by atoms with Crippen molar-refractivity contribution in [2.75, 3.05) is 4.90 Å². The molecule has 0 radical (unpaired) electrons. The van der Waals surface area contributed by atoms with Crippen LogP contribution in [0.3, 0.4) is 0 Å². The van der Waals surface area contributed by atoms with Gasteiger partial charge in [-0.15, -0.1) is 0 Å². The Labute approximate surface area is 262 Å². The van der Waals surface area contributed by atoms with E-state index in [4.69, 9.17) is 0 Å². The summed E-state index contributed by atoms with van der Waals surface area (Å²) in [6, 6.07) is 10.9. The molecule has 226 valence electrons. The molecular formula is C40H44N2O2. The highest BCUT2D eigenvalue weighted by Gasteiger charge is 2.43. The number of pyridine rings is 1. The van der Waals surface area contributed by atoms with E-state index < -0.39 is 11.4 Å². The molecule has 2 aromatic rings. The summed E-state index contributed by atoms with van der Waals surface area (Å²) < 4.78 is 0. The SMILES string of the molecule is CC(Cc1ccc2c(c1)C1CCCC1N2C1=CCC(CC(C2=CCCC=C2)C2C=CC=CC2)C=C1)(C(=O)O)c1ccncc1. The summed E-state index contributed by atoms with van der Waals surface area (Å²) in [5, 5.41) is 10.3. The molecule has 1 fully saturated rings. The zero-order valence-corrected chi connectivity index (χ0v) is 25.8. The van der Waals surface area contributed by atoms with Crippen molar-refractivity contribution < 1.29 is 9.90 Å². The van der Waals surface area contributed by atoms with Crippen LogP contribution in [0.4, 0.5) is 5.69 Å². The molecule has 6 unspecified atom stereocenters. The number of hydrogen-bond acceptors (Lipinski definition) is 3. The molecule has 44 heavy (non-hydrogen) atoms. The first-order valence-corrected chi connectivity index (χ1v) is 16.7. The molecule has 1 aromatic carbocycles. The van der Waals surface area contributed by atoms with Gasteiger partial charge in [-0.1, -0.05) is 73.2 Å². The average molecular weight is 585 g/mol. The topological polar surface area (TPSA) is 53.4 Å². The van der Waals surface area contributed by atoms with Crippen LogP contribution in [-0.2, 0) is 16.6 Å². The normalized spacial score (nSPS) is 27.3. The molecule has 1 aliphatic heterocycles. The van der Waals surface area contributed by atoms with E-state index in [-0.39, 0.29) is 0 Å². The number of carboxylic acid groups (broad SMARTS) is 1. The van der Waals surface area contributed by atoms with E-state index in [9.17, 15) is 9.90 Å². The van der Waals surface area contributed by atoms with Crippen LogP contribution in [0.25, 0.3) is 0 Å². The van der Waals surface area contributed by atoms with Gasteiger partial charge in [0.05, 0.1) is 5.41 Å². The van der Waals surface area contributed by atoms with Crippen LogP contribution in [0.5, 0.6) is 0 Å². The highest BCUT2D eigenvalue weighted by Crippen LogP contribution is 2.52. The van der Waals surface area contributed by atoms with Gasteiger partial charge < -0.3 is 10.0 Å². The van der Waals surface area contributed by atoms with E-state index >= 15 is 0 Å². The van der Waals surface area contributed by atoms with Gasteiger partial charge in [-0.05, 0) is 123 Å². The lowest BCUT2D eigenvalue weighted by Crippen LogP contribution is -2.34. The molecule has 0 saturated heterocycles. The lowest BCUT2D eigenvalue weighted by atomic mass is 9.74. The minimum atomic E-state index is -1.00. The van der Waals surface area contributed by atoms with Gasteiger partial charge in [-0.3, -0.25) is 9.78 Å². The zero-order valence-electron chi connectivity index (χ0n) is 25.8. The second-order valence-corrected chi connectivity index (χ2v) is 13.6. The Kier molecular flexibility index (Phi) is 8.01. The van der Waals surface area contributed by atoms with Crippen LogP contribution in [0, 0.1) is 17.8 Å². The summed E-state index contributed by atoms with van der Waals surface area (Å²) in [7, 11) is 0. The van der Waals surface area contributed by atoms with Gasteiger partial charge in [0.25, 0.3) is 0 Å². The first-order chi connectivity index (χ1) is 21.5. The van der Waals surface area contributed by atoms with E-state index in [2.05, 4.69) is 88.8 Å². The van der Waals surface area contributed by atoms with Crippen LogP contribution in [0.2, 0.25) is 0 Å². The van der Waals surface area contributed by atoms with Crippen molar-refractivity contribution in [2.45, 2.75) is 82.1 Å². The van der Waals surface area contributed by atoms with Crippen LogP contribution >= 0.6 is 0 Å². The van der Waals surface area contributed by atoms with Crippen molar-refractivity contribution in [1.82, 2.24) is 4.98 Å². The summed E-state index contributed by atoms with van der Waals surface area (Å²) in [6.45, 7) is 1.84. The van der Waals surface area contributed by atoms with E-state index in [1.54, 1.807) is 12.4 Å². The fraction of sp³-hybridized carbons (Fsp3) is 0.400. The number of benzene rings is 1. The number of aliphatic carboxylic acids is 1. The fourth-order valence-corrected chi connectivity index (χ4v) is 8.48. The lowest BCUT2D eigenvalue weighted by Gasteiger charge is -2.33. The van der Waals surface area contributed by atoms with E-state index in [0.29, 0.717) is 36.1 Å². The van der Waals surface area contributed by atoms with Crippen molar-refractivity contribution in [3.05, 3.63) is 131 Å². The first-order valence-electron chi connectivity index (χ1n) is 16.7. The number of rotatable bonds is 9. The maximum Gasteiger partial charge on any atom is 0.314 e. The zero-order chi connectivity index (χ0) is 30.1. The second kappa shape index (κ2) is 12.2. The number of hydrogen-bond donors (Lipinski definition) is 1. The van der Waals surface area contributed by atoms with Crippen molar-refractivity contribution in [3.8, 4) is 0 Å². The maximum absolute atomic E-state index is 12.5. The predicted molar refractivity (Wildman–Crippen MR) is 179 cm³/mol. The number of anilines is 1. The number of allylic oxidation sites excluding steroid dienone is 11. The van der Waals surface area contributed by atoms with Crippen LogP contribution < -0.4 is 4.90 Å². The van der Waals surface area contributed by atoms with Crippen molar-refractivity contribution in [3.63, 3.8) is 0 Å². The minimum Gasteiger partial charge on any atom is -0.481 e.